The fourth-order valence-electron chi connectivity index (χ4n) is 2.57. The van der Waals surface area contributed by atoms with Crippen LogP contribution >= 0.6 is 0 Å². The first-order chi connectivity index (χ1) is 12.2. The van der Waals surface area contributed by atoms with Crippen molar-refractivity contribution in [2.45, 2.75) is 5.60 Å². The summed E-state index contributed by atoms with van der Waals surface area (Å²) in [4.78, 5) is 12.8. The van der Waals surface area contributed by atoms with Crippen molar-refractivity contribution in [1.29, 1.82) is 0 Å². The Bertz CT molecular complexity index is 807. The van der Waals surface area contributed by atoms with Gasteiger partial charge in [-0.2, -0.15) is 5.10 Å². The number of hydrazone groups is 1. The van der Waals surface area contributed by atoms with E-state index in [0.29, 0.717) is 11.1 Å². The number of hydrogen-bond donors (Lipinski definition) is 2. The van der Waals surface area contributed by atoms with E-state index in [1.807, 2.05) is 42.5 Å². The van der Waals surface area contributed by atoms with E-state index in [9.17, 15) is 9.90 Å². The summed E-state index contributed by atoms with van der Waals surface area (Å²) in [5, 5.41) is 15.2. The largest absolute Gasteiger partial charge is 0.372 e. The molecule has 0 radical (unpaired) electrons. The van der Waals surface area contributed by atoms with E-state index in [4.69, 9.17) is 0 Å². The van der Waals surface area contributed by atoms with Gasteiger partial charge in [0.25, 0.3) is 5.91 Å². The van der Waals surface area contributed by atoms with Crippen molar-refractivity contribution in [3.63, 3.8) is 0 Å². The van der Waals surface area contributed by atoms with Crippen molar-refractivity contribution < 1.29 is 9.90 Å². The molecule has 3 aromatic rings. The minimum atomic E-state index is -1.82. The van der Waals surface area contributed by atoms with Gasteiger partial charge in [0.1, 0.15) is 0 Å². The van der Waals surface area contributed by atoms with Gasteiger partial charge in [0.2, 0.25) is 0 Å². The van der Waals surface area contributed by atoms with Gasteiger partial charge in [0.15, 0.2) is 5.60 Å². The fourth-order valence-corrected chi connectivity index (χ4v) is 2.57. The topological polar surface area (TPSA) is 61.7 Å². The number of hydrogen-bond acceptors (Lipinski definition) is 3. The Morgan fingerprint density at radius 1 is 0.800 bits per heavy atom. The SMILES string of the molecule is O=C(N/N=C\c1ccccc1)C(O)(c1ccccc1)c1ccccc1. The number of amides is 1. The minimum absolute atomic E-state index is 0.480. The van der Waals surface area contributed by atoms with Crippen LogP contribution in [0.2, 0.25) is 0 Å². The van der Waals surface area contributed by atoms with Gasteiger partial charge in [-0.25, -0.2) is 5.43 Å². The molecule has 0 fully saturated rings. The van der Waals surface area contributed by atoms with Gasteiger partial charge >= 0.3 is 0 Å². The predicted molar refractivity (Wildman–Crippen MR) is 98.1 cm³/mol. The molecule has 0 atom stereocenters. The summed E-state index contributed by atoms with van der Waals surface area (Å²) in [6.07, 6.45) is 1.54. The third-order valence-corrected chi connectivity index (χ3v) is 3.89. The zero-order valence-electron chi connectivity index (χ0n) is 13.5. The summed E-state index contributed by atoms with van der Waals surface area (Å²) in [7, 11) is 0. The maximum atomic E-state index is 12.8. The molecule has 3 rings (SSSR count). The van der Waals surface area contributed by atoms with Gasteiger partial charge in [0, 0.05) is 0 Å². The molecule has 0 heterocycles. The van der Waals surface area contributed by atoms with Crippen molar-refractivity contribution in [2.75, 3.05) is 0 Å². The third kappa shape index (κ3) is 3.65. The van der Waals surface area contributed by atoms with Crippen LogP contribution in [-0.2, 0) is 10.4 Å². The predicted octanol–water partition coefficient (Wildman–Crippen LogP) is 3.07. The first-order valence-electron chi connectivity index (χ1n) is 7.93. The Hall–Kier alpha value is -3.24. The molecule has 0 aliphatic rings. The second kappa shape index (κ2) is 7.55. The van der Waals surface area contributed by atoms with Gasteiger partial charge in [-0.1, -0.05) is 91.0 Å². The molecule has 0 aliphatic carbocycles. The lowest BCUT2D eigenvalue weighted by Crippen LogP contribution is -2.43. The quantitative estimate of drug-likeness (QED) is 0.558. The number of carbonyl (C=O) groups excluding carboxylic acids is 1. The van der Waals surface area contributed by atoms with Gasteiger partial charge in [-0.15, -0.1) is 0 Å². The van der Waals surface area contributed by atoms with Crippen LogP contribution in [0.1, 0.15) is 16.7 Å². The van der Waals surface area contributed by atoms with Crippen molar-refractivity contribution >= 4 is 12.1 Å². The summed E-state index contributed by atoms with van der Waals surface area (Å²) in [5.74, 6) is -0.614. The van der Waals surface area contributed by atoms with Gasteiger partial charge in [-0.05, 0) is 16.7 Å². The third-order valence-electron chi connectivity index (χ3n) is 3.89. The molecule has 124 valence electrons. The van der Waals surface area contributed by atoms with Crippen molar-refractivity contribution in [3.8, 4) is 0 Å². The molecule has 3 aromatic carbocycles. The molecule has 4 heteroatoms. The lowest BCUT2D eigenvalue weighted by Gasteiger charge is -2.27. The summed E-state index contributed by atoms with van der Waals surface area (Å²) < 4.78 is 0. The molecule has 4 nitrogen and oxygen atoms in total. The van der Waals surface area contributed by atoms with Gasteiger partial charge in [-0.3, -0.25) is 4.79 Å². The first kappa shape index (κ1) is 16.6. The molecule has 0 unspecified atom stereocenters. The molecule has 0 aliphatic heterocycles. The van der Waals surface area contributed by atoms with Crippen LogP contribution in [0.3, 0.4) is 0 Å². The Kier molecular flexibility index (Phi) is 5.02. The van der Waals surface area contributed by atoms with E-state index in [2.05, 4.69) is 10.5 Å². The molecule has 0 saturated carbocycles. The molecule has 0 saturated heterocycles. The summed E-state index contributed by atoms with van der Waals surface area (Å²) in [5.41, 5.74) is 2.44. The maximum Gasteiger partial charge on any atom is 0.281 e. The molecule has 1 amide bonds. The van der Waals surface area contributed by atoms with E-state index in [0.717, 1.165) is 5.56 Å². The van der Waals surface area contributed by atoms with Crippen LogP contribution in [0, 0.1) is 0 Å². The zero-order chi connectivity index (χ0) is 17.5. The average molecular weight is 330 g/mol. The number of nitrogens with one attached hydrogen (secondary N) is 1. The molecule has 2 N–H and O–H groups in total. The van der Waals surface area contributed by atoms with Crippen LogP contribution in [0.5, 0.6) is 0 Å². The average Bonchev–Trinajstić information content (AvgIpc) is 2.69. The fraction of sp³-hybridized carbons (Fsp3) is 0.0476. The molecular weight excluding hydrogens is 312 g/mol. The normalized spacial score (nSPS) is 11.4. The molecule has 0 bridgehead atoms. The highest BCUT2D eigenvalue weighted by molar-refractivity contribution is 5.91. The molecule has 0 spiro atoms. The van der Waals surface area contributed by atoms with E-state index < -0.39 is 11.5 Å². The summed E-state index contributed by atoms with van der Waals surface area (Å²) in [6.45, 7) is 0. The number of aliphatic hydroxyl groups is 1. The van der Waals surface area contributed by atoms with Crippen LogP contribution in [-0.4, -0.2) is 17.2 Å². The van der Waals surface area contributed by atoms with Crippen molar-refractivity contribution in [1.82, 2.24) is 5.43 Å². The van der Waals surface area contributed by atoms with Crippen LogP contribution in [0.4, 0.5) is 0 Å². The summed E-state index contributed by atoms with van der Waals surface area (Å²) >= 11 is 0. The molecular formula is C21H18N2O2. The standard InChI is InChI=1S/C21H18N2O2/c24-20(23-22-16-17-10-4-1-5-11-17)21(25,18-12-6-2-7-13-18)19-14-8-3-9-15-19/h1-16,25H,(H,23,24)/b22-16-. The Morgan fingerprint density at radius 3 is 1.72 bits per heavy atom. The molecule has 25 heavy (non-hydrogen) atoms. The van der Waals surface area contributed by atoms with Crippen LogP contribution in [0.25, 0.3) is 0 Å². The summed E-state index contributed by atoms with van der Waals surface area (Å²) in [6, 6.07) is 27.1. The van der Waals surface area contributed by atoms with Crippen LogP contribution < -0.4 is 5.43 Å². The Labute approximate surface area is 146 Å². The van der Waals surface area contributed by atoms with Crippen LogP contribution in [0.15, 0.2) is 96.1 Å². The first-order valence-corrected chi connectivity index (χ1v) is 7.93. The van der Waals surface area contributed by atoms with E-state index in [-0.39, 0.29) is 0 Å². The van der Waals surface area contributed by atoms with E-state index in [1.54, 1.807) is 48.5 Å². The lowest BCUT2D eigenvalue weighted by molar-refractivity contribution is -0.136. The number of rotatable bonds is 5. The number of nitrogens with zero attached hydrogens (tertiary/aromatic N) is 1. The highest BCUT2D eigenvalue weighted by atomic mass is 16.3. The van der Waals surface area contributed by atoms with E-state index >= 15 is 0 Å². The number of carbonyl (C=O) groups is 1. The van der Waals surface area contributed by atoms with Gasteiger partial charge in [0.05, 0.1) is 6.21 Å². The zero-order valence-corrected chi connectivity index (χ0v) is 13.5. The second-order valence-electron chi connectivity index (χ2n) is 5.55. The van der Waals surface area contributed by atoms with E-state index in [1.165, 1.54) is 6.21 Å². The Morgan fingerprint density at radius 2 is 1.24 bits per heavy atom. The highest BCUT2D eigenvalue weighted by Gasteiger charge is 2.39. The second-order valence-corrected chi connectivity index (χ2v) is 5.55. The molecule has 0 aromatic heterocycles. The highest BCUT2D eigenvalue weighted by Crippen LogP contribution is 2.29. The van der Waals surface area contributed by atoms with Crippen molar-refractivity contribution in [3.05, 3.63) is 108 Å². The van der Waals surface area contributed by atoms with Crippen molar-refractivity contribution in [2.24, 2.45) is 5.10 Å². The smallest absolute Gasteiger partial charge is 0.281 e. The Balaban J connectivity index is 1.90. The monoisotopic (exact) mass is 330 g/mol. The van der Waals surface area contributed by atoms with Gasteiger partial charge < -0.3 is 5.11 Å². The maximum absolute atomic E-state index is 12.8. The lowest BCUT2D eigenvalue weighted by atomic mass is 9.85. The minimum Gasteiger partial charge on any atom is -0.372 e. The number of benzene rings is 3.